The molecule has 0 spiro atoms. The highest BCUT2D eigenvalue weighted by atomic mass is 79.9. The molecular formula is C8H6BrClO. The van der Waals surface area contributed by atoms with Crippen molar-refractivity contribution in [2.75, 3.05) is 0 Å². The van der Waals surface area contributed by atoms with Crippen LogP contribution in [0.3, 0.4) is 0 Å². The van der Waals surface area contributed by atoms with E-state index in [1.165, 1.54) is 0 Å². The minimum atomic E-state index is 0.369. The summed E-state index contributed by atoms with van der Waals surface area (Å²) in [4.78, 5) is 10.4. The van der Waals surface area contributed by atoms with E-state index in [9.17, 15) is 4.79 Å². The summed E-state index contributed by atoms with van der Waals surface area (Å²) in [5.41, 5.74) is 1.51. The highest BCUT2D eigenvalue weighted by Gasteiger charge is 1.99. The summed E-state index contributed by atoms with van der Waals surface area (Å²) in [5, 5.41) is 0. The van der Waals surface area contributed by atoms with Gasteiger partial charge >= 0.3 is 0 Å². The van der Waals surface area contributed by atoms with Gasteiger partial charge in [0.25, 0.3) is 0 Å². The van der Waals surface area contributed by atoms with Gasteiger partial charge in [-0.05, 0) is 17.7 Å². The summed E-state index contributed by atoms with van der Waals surface area (Å²) in [6.07, 6.45) is 0.810. The fourth-order valence-corrected chi connectivity index (χ4v) is 1.44. The SMILES string of the molecule is O=Cc1ccc(Br)cc1CCl. The van der Waals surface area contributed by atoms with Crippen molar-refractivity contribution < 1.29 is 4.79 Å². The van der Waals surface area contributed by atoms with Crippen LogP contribution in [0.15, 0.2) is 22.7 Å². The third kappa shape index (κ3) is 2.04. The van der Waals surface area contributed by atoms with E-state index in [1.807, 2.05) is 12.1 Å². The van der Waals surface area contributed by atoms with E-state index in [0.717, 1.165) is 16.3 Å². The molecule has 1 aromatic rings. The molecule has 1 rings (SSSR count). The Balaban J connectivity index is 3.16. The van der Waals surface area contributed by atoms with Crippen LogP contribution in [0.25, 0.3) is 0 Å². The fourth-order valence-electron chi connectivity index (χ4n) is 0.805. The lowest BCUT2D eigenvalue weighted by Gasteiger charge is -1.99. The first-order chi connectivity index (χ1) is 5.27. The van der Waals surface area contributed by atoms with Gasteiger partial charge in [-0.1, -0.05) is 22.0 Å². The minimum absolute atomic E-state index is 0.369. The monoisotopic (exact) mass is 232 g/mol. The van der Waals surface area contributed by atoms with Crippen LogP contribution >= 0.6 is 27.5 Å². The normalized spacial score (nSPS) is 9.64. The molecule has 1 nitrogen and oxygen atoms in total. The Morgan fingerprint density at radius 1 is 1.55 bits per heavy atom. The lowest BCUT2D eigenvalue weighted by atomic mass is 10.1. The molecule has 0 aliphatic rings. The van der Waals surface area contributed by atoms with Crippen molar-refractivity contribution in [1.82, 2.24) is 0 Å². The lowest BCUT2D eigenvalue weighted by Crippen LogP contribution is -1.88. The van der Waals surface area contributed by atoms with Crippen LogP contribution in [0, 0.1) is 0 Å². The van der Waals surface area contributed by atoms with Gasteiger partial charge in [0, 0.05) is 15.9 Å². The predicted octanol–water partition coefficient (Wildman–Crippen LogP) is 3.00. The number of aldehydes is 1. The van der Waals surface area contributed by atoms with Crippen molar-refractivity contribution in [3.8, 4) is 0 Å². The molecule has 58 valence electrons. The average Bonchev–Trinajstić information content (AvgIpc) is 2.04. The Bertz CT molecular complexity index is 273. The molecule has 0 amide bonds. The van der Waals surface area contributed by atoms with E-state index in [-0.39, 0.29) is 0 Å². The third-order valence-electron chi connectivity index (χ3n) is 1.38. The van der Waals surface area contributed by atoms with Gasteiger partial charge in [0.15, 0.2) is 0 Å². The van der Waals surface area contributed by atoms with Gasteiger partial charge in [-0.25, -0.2) is 0 Å². The van der Waals surface area contributed by atoms with Crippen LogP contribution in [0.1, 0.15) is 15.9 Å². The van der Waals surface area contributed by atoms with E-state index in [1.54, 1.807) is 6.07 Å². The van der Waals surface area contributed by atoms with Crippen molar-refractivity contribution in [3.05, 3.63) is 33.8 Å². The highest BCUT2D eigenvalue weighted by molar-refractivity contribution is 9.10. The topological polar surface area (TPSA) is 17.1 Å². The summed E-state index contributed by atoms with van der Waals surface area (Å²) < 4.78 is 0.943. The molecule has 0 radical (unpaired) electrons. The van der Waals surface area contributed by atoms with Gasteiger partial charge < -0.3 is 0 Å². The first-order valence-corrected chi connectivity index (χ1v) is 4.40. The van der Waals surface area contributed by atoms with Crippen molar-refractivity contribution in [2.45, 2.75) is 5.88 Å². The maximum absolute atomic E-state index is 10.4. The molecule has 0 unspecified atom stereocenters. The number of halogens is 2. The summed E-state index contributed by atoms with van der Waals surface area (Å²) in [6.45, 7) is 0. The van der Waals surface area contributed by atoms with Crippen molar-refractivity contribution >= 4 is 33.8 Å². The van der Waals surface area contributed by atoms with E-state index in [4.69, 9.17) is 11.6 Å². The first kappa shape index (κ1) is 8.75. The Hall–Kier alpha value is -0.340. The van der Waals surface area contributed by atoms with Crippen LogP contribution in [0.4, 0.5) is 0 Å². The minimum Gasteiger partial charge on any atom is -0.298 e. The van der Waals surface area contributed by atoms with Crippen LogP contribution in [-0.2, 0) is 5.88 Å². The molecule has 0 aliphatic heterocycles. The van der Waals surface area contributed by atoms with Gasteiger partial charge in [0.1, 0.15) is 6.29 Å². The van der Waals surface area contributed by atoms with Crippen LogP contribution in [-0.4, -0.2) is 6.29 Å². The quantitative estimate of drug-likeness (QED) is 0.567. The maximum Gasteiger partial charge on any atom is 0.150 e. The number of alkyl halides is 1. The molecule has 11 heavy (non-hydrogen) atoms. The van der Waals surface area contributed by atoms with Crippen molar-refractivity contribution in [2.24, 2.45) is 0 Å². The van der Waals surface area contributed by atoms with Gasteiger partial charge in [-0.2, -0.15) is 0 Å². The lowest BCUT2D eigenvalue weighted by molar-refractivity contribution is 0.112. The molecule has 0 saturated carbocycles. The summed E-state index contributed by atoms with van der Waals surface area (Å²) in [7, 11) is 0. The van der Waals surface area contributed by atoms with Gasteiger partial charge in [-0.3, -0.25) is 4.79 Å². The molecular weight excluding hydrogens is 227 g/mol. The average molecular weight is 233 g/mol. The van der Waals surface area contributed by atoms with Gasteiger partial charge in [0.05, 0.1) is 0 Å². The van der Waals surface area contributed by atoms with E-state index < -0.39 is 0 Å². The molecule has 3 heteroatoms. The highest BCUT2D eigenvalue weighted by Crippen LogP contribution is 2.16. The Morgan fingerprint density at radius 2 is 2.27 bits per heavy atom. The molecule has 0 fully saturated rings. The fraction of sp³-hybridized carbons (Fsp3) is 0.125. The third-order valence-corrected chi connectivity index (χ3v) is 2.16. The number of hydrogen-bond donors (Lipinski definition) is 0. The maximum atomic E-state index is 10.4. The molecule has 0 atom stereocenters. The second-order valence-corrected chi connectivity index (χ2v) is 3.28. The largest absolute Gasteiger partial charge is 0.298 e. The number of rotatable bonds is 2. The standard InChI is InChI=1S/C8H6BrClO/c9-8-2-1-6(5-11)7(3-8)4-10/h1-3,5H,4H2. The summed E-state index contributed by atoms with van der Waals surface area (Å²) >= 11 is 8.89. The van der Waals surface area contributed by atoms with Crippen molar-refractivity contribution in [3.63, 3.8) is 0 Å². The number of carbonyl (C=O) groups is 1. The Morgan fingerprint density at radius 3 is 2.82 bits per heavy atom. The smallest absolute Gasteiger partial charge is 0.150 e. The molecule has 0 saturated heterocycles. The summed E-state index contributed by atoms with van der Waals surface area (Å²) in [6, 6.07) is 5.41. The molecule has 0 N–H and O–H groups in total. The second-order valence-electron chi connectivity index (χ2n) is 2.09. The number of benzene rings is 1. The van der Waals surface area contributed by atoms with Gasteiger partial charge in [-0.15, -0.1) is 11.6 Å². The van der Waals surface area contributed by atoms with Gasteiger partial charge in [0.2, 0.25) is 0 Å². The van der Waals surface area contributed by atoms with Crippen molar-refractivity contribution in [1.29, 1.82) is 0 Å². The first-order valence-electron chi connectivity index (χ1n) is 3.07. The van der Waals surface area contributed by atoms with Crippen LogP contribution in [0.5, 0.6) is 0 Å². The molecule has 1 aromatic carbocycles. The molecule has 0 aromatic heterocycles. The zero-order valence-corrected chi connectivity index (χ0v) is 8.02. The zero-order chi connectivity index (χ0) is 8.27. The molecule has 0 aliphatic carbocycles. The summed E-state index contributed by atoms with van der Waals surface area (Å²) in [5.74, 6) is 0.369. The van der Waals surface area contributed by atoms with E-state index >= 15 is 0 Å². The van der Waals surface area contributed by atoms with Crippen LogP contribution in [0.2, 0.25) is 0 Å². The predicted molar refractivity (Wildman–Crippen MR) is 49.1 cm³/mol. The Labute approximate surface area is 78.5 Å². The molecule has 0 bridgehead atoms. The number of carbonyl (C=O) groups excluding carboxylic acids is 1. The number of hydrogen-bond acceptors (Lipinski definition) is 1. The zero-order valence-electron chi connectivity index (χ0n) is 5.68. The van der Waals surface area contributed by atoms with Crippen LogP contribution < -0.4 is 0 Å². The molecule has 0 heterocycles. The van der Waals surface area contributed by atoms with E-state index in [0.29, 0.717) is 11.4 Å². The Kier molecular flexibility index (Phi) is 3.09. The second kappa shape index (κ2) is 3.88. The van der Waals surface area contributed by atoms with E-state index in [2.05, 4.69) is 15.9 Å².